The van der Waals surface area contributed by atoms with Gasteiger partial charge in [-0.05, 0) is 32.1 Å². The predicted molar refractivity (Wildman–Crippen MR) is 51.2 cm³/mol. The van der Waals surface area contributed by atoms with Crippen LogP contribution in [-0.4, -0.2) is 18.5 Å². The van der Waals surface area contributed by atoms with Crippen molar-refractivity contribution >= 4 is 5.78 Å². The Kier molecular flexibility index (Phi) is 3.98. The molecule has 0 spiro atoms. The Morgan fingerprint density at radius 2 is 2.46 bits per heavy atom. The third-order valence-corrected chi connectivity index (χ3v) is 2.25. The summed E-state index contributed by atoms with van der Waals surface area (Å²) in [5.41, 5.74) is 0. The first kappa shape index (κ1) is 10.3. The summed E-state index contributed by atoms with van der Waals surface area (Å²) in [6.07, 6.45) is 9.67. The van der Waals surface area contributed by atoms with E-state index in [9.17, 15) is 4.79 Å². The van der Waals surface area contributed by atoms with Crippen LogP contribution in [0.2, 0.25) is 0 Å². The Morgan fingerprint density at radius 1 is 1.69 bits per heavy atom. The van der Waals surface area contributed by atoms with Gasteiger partial charge in [-0.15, -0.1) is 12.3 Å². The van der Waals surface area contributed by atoms with Gasteiger partial charge >= 0.3 is 0 Å². The van der Waals surface area contributed by atoms with Crippen molar-refractivity contribution in [2.24, 2.45) is 5.92 Å². The third-order valence-electron chi connectivity index (χ3n) is 2.25. The lowest BCUT2D eigenvalue weighted by molar-refractivity contribution is -0.122. The van der Waals surface area contributed by atoms with E-state index >= 15 is 0 Å². The summed E-state index contributed by atoms with van der Waals surface area (Å²) >= 11 is 0. The van der Waals surface area contributed by atoms with Gasteiger partial charge in [0.1, 0.15) is 6.61 Å². The van der Waals surface area contributed by atoms with Crippen LogP contribution in [-0.2, 0) is 9.53 Å². The van der Waals surface area contributed by atoms with E-state index in [0.717, 1.165) is 25.7 Å². The molecule has 2 heteroatoms. The smallest absolute Gasteiger partial charge is 0.155 e. The lowest BCUT2D eigenvalue weighted by Gasteiger charge is -1.99. The van der Waals surface area contributed by atoms with Crippen molar-refractivity contribution in [1.82, 2.24) is 0 Å². The molecule has 1 rings (SSSR count). The van der Waals surface area contributed by atoms with E-state index in [1.807, 2.05) is 0 Å². The van der Waals surface area contributed by atoms with E-state index in [4.69, 9.17) is 11.2 Å². The molecule has 0 radical (unpaired) electrons. The number of terminal acetylenes is 1. The first-order chi connectivity index (χ1) is 6.24. The van der Waals surface area contributed by atoms with Crippen molar-refractivity contribution in [1.29, 1.82) is 0 Å². The largest absolute Gasteiger partial charge is 0.370 e. The Bertz CT molecular complexity index is 215. The first-order valence-corrected chi connectivity index (χ1v) is 4.78. The molecule has 1 aliphatic carbocycles. The van der Waals surface area contributed by atoms with Gasteiger partial charge in [-0.1, -0.05) is 0 Å². The van der Waals surface area contributed by atoms with E-state index in [0.29, 0.717) is 12.0 Å². The Hall–Kier alpha value is -0.810. The summed E-state index contributed by atoms with van der Waals surface area (Å²) in [6, 6.07) is 0. The van der Waals surface area contributed by atoms with Gasteiger partial charge in [-0.25, -0.2) is 0 Å². The van der Waals surface area contributed by atoms with Crippen molar-refractivity contribution in [2.45, 2.75) is 38.7 Å². The van der Waals surface area contributed by atoms with E-state index in [1.165, 1.54) is 0 Å². The van der Waals surface area contributed by atoms with Crippen molar-refractivity contribution < 1.29 is 9.53 Å². The quantitative estimate of drug-likeness (QED) is 0.460. The Labute approximate surface area is 79.7 Å². The van der Waals surface area contributed by atoms with E-state index in [-0.39, 0.29) is 12.4 Å². The Morgan fingerprint density at radius 3 is 3.08 bits per heavy atom. The van der Waals surface area contributed by atoms with Crippen LogP contribution in [0.25, 0.3) is 0 Å². The van der Waals surface area contributed by atoms with Gasteiger partial charge in [0.15, 0.2) is 5.78 Å². The minimum Gasteiger partial charge on any atom is -0.370 e. The number of ketones is 1. The van der Waals surface area contributed by atoms with E-state index in [1.54, 1.807) is 6.92 Å². The molecule has 0 saturated heterocycles. The molecular weight excluding hydrogens is 164 g/mol. The number of hydrogen-bond donors (Lipinski definition) is 0. The molecule has 1 saturated carbocycles. The minimum atomic E-state index is 0.106. The van der Waals surface area contributed by atoms with Crippen LogP contribution in [0.1, 0.15) is 32.6 Å². The van der Waals surface area contributed by atoms with Crippen molar-refractivity contribution in [3.05, 3.63) is 0 Å². The maximum atomic E-state index is 10.6. The zero-order valence-corrected chi connectivity index (χ0v) is 8.08. The average molecular weight is 180 g/mol. The zero-order valence-electron chi connectivity index (χ0n) is 8.08. The van der Waals surface area contributed by atoms with E-state index < -0.39 is 0 Å². The molecule has 2 nitrogen and oxygen atoms in total. The van der Waals surface area contributed by atoms with Crippen molar-refractivity contribution in [3.63, 3.8) is 0 Å². The summed E-state index contributed by atoms with van der Waals surface area (Å²) < 4.78 is 5.36. The van der Waals surface area contributed by atoms with Gasteiger partial charge in [0, 0.05) is 6.42 Å². The molecule has 2 atom stereocenters. The van der Waals surface area contributed by atoms with Crippen LogP contribution in [0, 0.1) is 18.3 Å². The third kappa shape index (κ3) is 4.10. The lowest BCUT2D eigenvalue weighted by Crippen LogP contribution is -2.06. The highest BCUT2D eigenvalue weighted by Crippen LogP contribution is 2.37. The average Bonchev–Trinajstić information content (AvgIpc) is 2.81. The summed E-state index contributed by atoms with van der Waals surface area (Å²) in [5, 5.41) is 0. The second kappa shape index (κ2) is 5.04. The highest BCUT2D eigenvalue weighted by Gasteiger charge is 2.37. The van der Waals surface area contributed by atoms with Crippen LogP contribution >= 0.6 is 0 Å². The predicted octanol–water partition coefficient (Wildman–Crippen LogP) is 1.78. The molecule has 2 unspecified atom stereocenters. The van der Waals surface area contributed by atoms with Gasteiger partial charge in [0.05, 0.1) is 6.10 Å². The molecule has 0 heterocycles. The molecule has 0 N–H and O–H groups in total. The summed E-state index contributed by atoms with van der Waals surface area (Å²) in [7, 11) is 0. The number of carbonyl (C=O) groups excluding carboxylic acids is 1. The fourth-order valence-corrected chi connectivity index (χ4v) is 1.42. The summed E-state index contributed by atoms with van der Waals surface area (Å²) in [5.74, 6) is 3.39. The van der Waals surface area contributed by atoms with Crippen LogP contribution < -0.4 is 0 Å². The minimum absolute atomic E-state index is 0.106. The molecule has 0 aromatic heterocycles. The molecule has 13 heavy (non-hydrogen) atoms. The van der Waals surface area contributed by atoms with E-state index in [2.05, 4.69) is 5.92 Å². The number of rotatable bonds is 6. The molecule has 1 aliphatic rings. The SMILES string of the molecule is C#CCCCC1CC1OCC(C)=O. The molecule has 72 valence electrons. The fraction of sp³-hybridized carbons (Fsp3) is 0.727. The van der Waals surface area contributed by atoms with Gasteiger partial charge in [-0.2, -0.15) is 0 Å². The molecule has 0 bridgehead atoms. The molecule has 0 aliphatic heterocycles. The fourth-order valence-electron chi connectivity index (χ4n) is 1.42. The Balaban J connectivity index is 1.97. The molecule has 1 fully saturated rings. The summed E-state index contributed by atoms with van der Waals surface area (Å²) in [6.45, 7) is 1.83. The first-order valence-electron chi connectivity index (χ1n) is 4.78. The number of ether oxygens (including phenoxy) is 1. The van der Waals surface area contributed by atoms with Crippen molar-refractivity contribution in [3.8, 4) is 12.3 Å². The van der Waals surface area contributed by atoms with Gasteiger partial charge in [0.2, 0.25) is 0 Å². The number of hydrogen-bond acceptors (Lipinski definition) is 2. The monoisotopic (exact) mass is 180 g/mol. The van der Waals surface area contributed by atoms with Crippen LogP contribution in [0.4, 0.5) is 0 Å². The number of Topliss-reactive ketones (excluding diaryl/α,β-unsaturated/α-hetero) is 1. The van der Waals surface area contributed by atoms with Crippen molar-refractivity contribution in [2.75, 3.05) is 6.61 Å². The number of unbranched alkanes of at least 4 members (excludes halogenated alkanes) is 1. The van der Waals surface area contributed by atoms with Gasteiger partial charge in [0.25, 0.3) is 0 Å². The maximum absolute atomic E-state index is 10.6. The summed E-state index contributed by atoms with van der Waals surface area (Å²) in [4.78, 5) is 10.6. The van der Waals surface area contributed by atoms with Gasteiger partial charge < -0.3 is 4.74 Å². The molecule has 0 amide bonds. The topological polar surface area (TPSA) is 26.3 Å². The normalized spacial score (nSPS) is 25.2. The molecular formula is C11H16O2. The van der Waals surface area contributed by atoms with Crippen LogP contribution in [0.5, 0.6) is 0 Å². The second-order valence-electron chi connectivity index (χ2n) is 3.64. The zero-order chi connectivity index (χ0) is 9.68. The van der Waals surface area contributed by atoms with Gasteiger partial charge in [-0.3, -0.25) is 4.79 Å². The van der Waals surface area contributed by atoms with Crippen LogP contribution in [0.15, 0.2) is 0 Å². The number of carbonyl (C=O) groups is 1. The molecule has 0 aromatic rings. The molecule has 0 aromatic carbocycles. The standard InChI is InChI=1S/C11H16O2/c1-3-4-5-6-10-7-11(10)13-8-9(2)12/h1,10-11H,4-8H2,2H3. The second-order valence-corrected chi connectivity index (χ2v) is 3.64. The lowest BCUT2D eigenvalue weighted by atomic mass is 10.2. The highest BCUT2D eigenvalue weighted by molar-refractivity contribution is 5.76. The maximum Gasteiger partial charge on any atom is 0.155 e. The van der Waals surface area contributed by atoms with Crippen LogP contribution in [0.3, 0.4) is 0 Å². The highest BCUT2D eigenvalue weighted by atomic mass is 16.5.